The van der Waals surface area contributed by atoms with Gasteiger partial charge < -0.3 is 9.42 Å². The summed E-state index contributed by atoms with van der Waals surface area (Å²) in [6.45, 7) is 6.88. The number of aryl methyl sites for hydroxylation is 2. The molecule has 0 radical (unpaired) electrons. The van der Waals surface area contributed by atoms with E-state index in [0.717, 1.165) is 54.9 Å². The van der Waals surface area contributed by atoms with Crippen molar-refractivity contribution in [2.75, 3.05) is 6.54 Å². The average molecular weight is 330 g/mol. The van der Waals surface area contributed by atoms with Crippen molar-refractivity contribution >= 4 is 5.91 Å². The number of rotatable bonds is 5. The molecule has 1 amide bonds. The molecule has 1 aliphatic heterocycles. The maximum absolute atomic E-state index is 12.9. The van der Waals surface area contributed by atoms with Gasteiger partial charge in [0.25, 0.3) is 0 Å². The smallest absolute Gasteiger partial charge is 0.226 e. The predicted molar refractivity (Wildman–Crippen MR) is 91.2 cm³/mol. The predicted octanol–water partition coefficient (Wildman–Crippen LogP) is 3.48. The molecule has 1 saturated heterocycles. The minimum atomic E-state index is 0.0275. The second kappa shape index (κ2) is 6.79. The van der Waals surface area contributed by atoms with E-state index in [0.29, 0.717) is 0 Å². The van der Waals surface area contributed by atoms with Gasteiger partial charge in [-0.1, -0.05) is 19.0 Å². The minimum Gasteiger partial charge on any atom is -0.356 e. The summed E-state index contributed by atoms with van der Waals surface area (Å²) < 4.78 is 7.23. The lowest BCUT2D eigenvalue weighted by molar-refractivity contribution is -0.136. The van der Waals surface area contributed by atoms with Crippen LogP contribution in [-0.4, -0.2) is 32.3 Å². The fourth-order valence-electron chi connectivity index (χ4n) is 3.62. The standard InChI is InChI=1S/C18H26N4O2/c1-5-13(6-2)18(23)22-9-7-8-15(22)17-14(11-21(4)19-17)16-10-12(3)20-24-16/h10-11,13,15H,5-9H2,1-4H3/t15-/m0/s1. The highest BCUT2D eigenvalue weighted by atomic mass is 16.5. The molecule has 0 aromatic carbocycles. The highest BCUT2D eigenvalue weighted by Gasteiger charge is 2.36. The lowest BCUT2D eigenvalue weighted by atomic mass is 10.00. The number of carbonyl (C=O) groups excluding carboxylic acids is 1. The number of hydrogen-bond acceptors (Lipinski definition) is 4. The quantitative estimate of drug-likeness (QED) is 0.842. The molecule has 24 heavy (non-hydrogen) atoms. The molecule has 6 nitrogen and oxygen atoms in total. The molecule has 0 bridgehead atoms. The summed E-state index contributed by atoms with van der Waals surface area (Å²) in [5, 5.41) is 8.64. The minimum absolute atomic E-state index is 0.0275. The van der Waals surface area contributed by atoms with Gasteiger partial charge in [0.1, 0.15) is 0 Å². The molecular formula is C18H26N4O2. The SMILES string of the molecule is CCC(CC)C(=O)N1CCC[C@H]1c1nn(C)cc1-c1cc(C)no1. The van der Waals surface area contributed by atoms with E-state index in [1.54, 1.807) is 4.68 Å². The number of nitrogens with zero attached hydrogens (tertiary/aromatic N) is 4. The van der Waals surface area contributed by atoms with E-state index in [-0.39, 0.29) is 17.9 Å². The molecule has 2 aromatic heterocycles. The van der Waals surface area contributed by atoms with Crippen molar-refractivity contribution in [3.8, 4) is 11.3 Å². The van der Waals surface area contributed by atoms with Crippen LogP contribution in [0.5, 0.6) is 0 Å². The van der Waals surface area contributed by atoms with Crippen LogP contribution in [0.15, 0.2) is 16.8 Å². The van der Waals surface area contributed by atoms with Crippen LogP contribution < -0.4 is 0 Å². The Hall–Kier alpha value is -2.11. The van der Waals surface area contributed by atoms with Crippen LogP contribution in [0.4, 0.5) is 0 Å². The van der Waals surface area contributed by atoms with Gasteiger partial charge >= 0.3 is 0 Å². The molecular weight excluding hydrogens is 304 g/mol. The molecule has 3 heterocycles. The molecule has 0 unspecified atom stereocenters. The lowest BCUT2D eigenvalue weighted by Crippen LogP contribution is -2.35. The Morgan fingerprint density at radius 3 is 2.79 bits per heavy atom. The number of amides is 1. The van der Waals surface area contributed by atoms with Crippen molar-refractivity contribution < 1.29 is 9.32 Å². The van der Waals surface area contributed by atoms with Gasteiger partial charge in [0.15, 0.2) is 5.76 Å². The van der Waals surface area contributed by atoms with Crippen molar-refractivity contribution in [1.82, 2.24) is 19.8 Å². The number of hydrogen-bond donors (Lipinski definition) is 0. The Kier molecular flexibility index (Phi) is 4.73. The van der Waals surface area contributed by atoms with E-state index < -0.39 is 0 Å². The Labute approximate surface area is 142 Å². The van der Waals surface area contributed by atoms with E-state index >= 15 is 0 Å². The largest absolute Gasteiger partial charge is 0.356 e. The van der Waals surface area contributed by atoms with Gasteiger partial charge in [-0.25, -0.2) is 0 Å². The monoisotopic (exact) mass is 330 g/mol. The van der Waals surface area contributed by atoms with Gasteiger partial charge in [-0.15, -0.1) is 0 Å². The topological polar surface area (TPSA) is 64.2 Å². The summed E-state index contributed by atoms with van der Waals surface area (Å²) in [7, 11) is 1.90. The van der Waals surface area contributed by atoms with E-state index in [4.69, 9.17) is 4.52 Å². The molecule has 2 aromatic rings. The third-order valence-corrected chi connectivity index (χ3v) is 4.94. The van der Waals surface area contributed by atoms with E-state index in [1.807, 2.05) is 31.1 Å². The zero-order valence-corrected chi connectivity index (χ0v) is 15.0. The van der Waals surface area contributed by atoms with Crippen LogP contribution in [-0.2, 0) is 11.8 Å². The summed E-state index contributed by atoms with van der Waals surface area (Å²) in [6, 6.07) is 1.95. The molecule has 1 fully saturated rings. The van der Waals surface area contributed by atoms with E-state index in [9.17, 15) is 4.79 Å². The molecule has 130 valence electrons. The second-order valence-electron chi connectivity index (χ2n) is 6.64. The molecule has 6 heteroatoms. The normalized spacial score (nSPS) is 17.9. The summed E-state index contributed by atoms with van der Waals surface area (Å²) in [4.78, 5) is 14.9. The number of aromatic nitrogens is 3. The Balaban J connectivity index is 1.95. The van der Waals surface area contributed by atoms with Gasteiger partial charge in [-0.05, 0) is 32.6 Å². The van der Waals surface area contributed by atoms with Gasteiger partial charge in [0, 0.05) is 31.8 Å². The number of likely N-dealkylation sites (tertiary alicyclic amines) is 1. The Bertz CT molecular complexity index is 714. The summed E-state index contributed by atoms with van der Waals surface area (Å²) in [5.74, 6) is 1.08. The summed E-state index contributed by atoms with van der Waals surface area (Å²) in [6.07, 6.45) is 5.68. The first-order valence-corrected chi connectivity index (χ1v) is 8.82. The fraction of sp³-hybridized carbons (Fsp3) is 0.611. The Morgan fingerprint density at radius 1 is 1.42 bits per heavy atom. The van der Waals surface area contributed by atoms with Gasteiger partial charge in [-0.2, -0.15) is 5.10 Å². The highest BCUT2D eigenvalue weighted by Crippen LogP contribution is 2.38. The van der Waals surface area contributed by atoms with Gasteiger partial charge in [0.2, 0.25) is 5.91 Å². The lowest BCUT2D eigenvalue weighted by Gasteiger charge is -2.27. The van der Waals surface area contributed by atoms with Crippen LogP contribution in [0.3, 0.4) is 0 Å². The maximum atomic E-state index is 12.9. The molecule has 0 aliphatic carbocycles. The Morgan fingerprint density at radius 2 is 2.17 bits per heavy atom. The first-order valence-electron chi connectivity index (χ1n) is 8.82. The summed E-state index contributed by atoms with van der Waals surface area (Å²) >= 11 is 0. The van der Waals surface area contributed by atoms with Crippen molar-refractivity contribution in [1.29, 1.82) is 0 Å². The van der Waals surface area contributed by atoms with Gasteiger partial charge in [-0.3, -0.25) is 9.48 Å². The molecule has 1 aliphatic rings. The zero-order chi connectivity index (χ0) is 17.3. The second-order valence-corrected chi connectivity index (χ2v) is 6.64. The summed E-state index contributed by atoms with van der Waals surface area (Å²) in [5.41, 5.74) is 2.70. The molecule has 0 saturated carbocycles. The molecule has 1 atom stereocenters. The van der Waals surface area contributed by atoms with Crippen molar-refractivity contribution in [2.24, 2.45) is 13.0 Å². The van der Waals surface area contributed by atoms with Crippen molar-refractivity contribution in [3.05, 3.63) is 23.7 Å². The molecule has 0 spiro atoms. The number of carbonyl (C=O) groups is 1. The third-order valence-electron chi connectivity index (χ3n) is 4.94. The fourth-order valence-corrected chi connectivity index (χ4v) is 3.62. The third kappa shape index (κ3) is 2.97. The molecule has 3 rings (SSSR count). The maximum Gasteiger partial charge on any atom is 0.226 e. The van der Waals surface area contributed by atoms with Crippen LogP contribution in [0, 0.1) is 12.8 Å². The first kappa shape index (κ1) is 16.7. The first-order chi connectivity index (χ1) is 11.5. The highest BCUT2D eigenvalue weighted by molar-refractivity contribution is 5.80. The van der Waals surface area contributed by atoms with Gasteiger partial charge in [0.05, 0.1) is 23.0 Å². The zero-order valence-electron chi connectivity index (χ0n) is 15.0. The van der Waals surface area contributed by atoms with Crippen LogP contribution >= 0.6 is 0 Å². The molecule has 0 N–H and O–H groups in total. The van der Waals surface area contributed by atoms with Crippen LogP contribution in [0.2, 0.25) is 0 Å². The van der Waals surface area contributed by atoms with Crippen molar-refractivity contribution in [3.63, 3.8) is 0 Å². The van der Waals surface area contributed by atoms with Crippen LogP contribution in [0.25, 0.3) is 11.3 Å². The van der Waals surface area contributed by atoms with E-state index in [2.05, 4.69) is 24.1 Å². The van der Waals surface area contributed by atoms with Crippen molar-refractivity contribution in [2.45, 2.75) is 52.5 Å². The van der Waals surface area contributed by atoms with E-state index in [1.165, 1.54) is 0 Å². The van der Waals surface area contributed by atoms with Crippen LogP contribution in [0.1, 0.15) is 57.0 Å². The average Bonchev–Trinajstić information content (AvgIpc) is 3.26.